The zero-order valence-corrected chi connectivity index (χ0v) is 15.5. The van der Waals surface area contributed by atoms with Crippen LogP contribution in [0, 0.1) is 5.92 Å². The van der Waals surface area contributed by atoms with Crippen LogP contribution in [0.1, 0.15) is 40.0 Å². The summed E-state index contributed by atoms with van der Waals surface area (Å²) in [4.78, 5) is 44.2. The second kappa shape index (κ2) is 6.72. The molecule has 0 aromatic heterocycles. The molecule has 0 spiro atoms. The number of carbonyl (C=O) groups is 3. The van der Waals surface area contributed by atoms with Gasteiger partial charge in [-0.2, -0.15) is 0 Å². The number of hydrogen-bond acceptors (Lipinski definition) is 7. The molecule has 9 heteroatoms. The fourth-order valence-corrected chi connectivity index (χ4v) is 5.74. The van der Waals surface area contributed by atoms with Gasteiger partial charge in [-0.05, 0) is 44.5 Å². The Labute approximate surface area is 156 Å². The number of hydrogen-bond donors (Lipinski definition) is 0. The zero-order chi connectivity index (χ0) is 19.2. The van der Waals surface area contributed by atoms with Crippen LogP contribution in [0.3, 0.4) is 0 Å². The number of imide groups is 1. The third-order valence-electron chi connectivity index (χ3n) is 5.53. The van der Waals surface area contributed by atoms with E-state index in [2.05, 4.69) is 4.90 Å². The van der Waals surface area contributed by atoms with E-state index < -0.39 is 33.5 Å². The molecular weight excluding hydrogens is 372 g/mol. The van der Waals surface area contributed by atoms with Gasteiger partial charge in [-0.1, -0.05) is 17.2 Å². The highest BCUT2D eigenvalue weighted by Gasteiger charge is 2.41. The minimum absolute atomic E-state index is 0.0169. The molecule has 0 aliphatic carbocycles. The topological polar surface area (TPSA) is 101 Å². The molecule has 144 valence electrons. The third kappa shape index (κ3) is 3.37. The Bertz CT molecular complexity index is 869. The smallest absolute Gasteiger partial charge is 0.329 e. The molecule has 27 heavy (non-hydrogen) atoms. The lowest BCUT2D eigenvalue weighted by Gasteiger charge is -2.34. The summed E-state index contributed by atoms with van der Waals surface area (Å²) in [5, 5.41) is 0.545. The van der Waals surface area contributed by atoms with E-state index in [0.29, 0.717) is 37.4 Å². The number of piperidine rings is 1. The highest BCUT2D eigenvalue weighted by atomic mass is 32.2. The van der Waals surface area contributed by atoms with Crippen molar-refractivity contribution in [3.05, 3.63) is 35.4 Å². The van der Waals surface area contributed by atoms with Crippen LogP contribution < -0.4 is 0 Å². The number of fused-ring (bicyclic) bond motifs is 1. The third-order valence-corrected chi connectivity index (χ3v) is 7.28. The molecule has 3 aliphatic heterocycles. The highest BCUT2D eigenvalue weighted by Crippen LogP contribution is 2.27. The Morgan fingerprint density at radius 3 is 2.11 bits per heavy atom. The fraction of sp³-hybridized carbons (Fsp3) is 0.500. The predicted octanol–water partition coefficient (Wildman–Crippen LogP) is 0.640. The van der Waals surface area contributed by atoms with Crippen LogP contribution in [0.25, 0.3) is 0 Å². The van der Waals surface area contributed by atoms with Crippen LogP contribution >= 0.6 is 0 Å². The first kappa shape index (κ1) is 18.1. The average Bonchev–Trinajstić information content (AvgIpc) is 3.14. The van der Waals surface area contributed by atoms with Crippen LogP contribution in [0.4, 0.5) is 0 Å². The minimum Gasteiger partial charge on any atom is -0.329 e. The van der Waals surface area contributed by atoms with Gasteiger partial charge in [-0.3, -0.25) is 14.5 Å². The Morgan fingerprint density at radius 1 is 1.00 bits per heavy atom. The van der Waals surface area contributed by atoms with E-state index in [9.17, 15) is 22.8 Å². The van der Waals surface area contributed by atoms with Gasteiger partial charge in [-0.15, -0.1) is 0 Å². The molecule has 8 nitrogen and oxygen atoms in total. The largest absolute Gasteiger partial charge is 0.336 e. The number of sulfone groups is 1. The quantitative estimate of drug-likeness (QED) is 0.696. The van der Waals surface area contributed by atoms with E-state index >= 15 is 0 Å². The lowest BCUT2D eigenvalue weighted by atomic mass is 9.96. The molecule has 1 aromatic rings. The number of nitrogens with zero attached hydrogens (tertiary/aromatic N) is 2. The van der Waals surface area contributed by atoms with E-state index in [1.165, 1.54) is 12.1 Å². The van der Waals surface area contributed by atoms with Crippen molar-refractivity contribution in [3.8, 4) is 0 Å². The molecule has 2 amide bonds. The van der Waals surface area contributed by atoms with E-state index in [0.717, 1.165) is 0 Å². The maximum Gasteiger partial charge on any atom is 0.336 e. The highest BCUT2D eigenvalue weighted by molar-refractivity contribution is 7.91. The van der Waals surface area contributed by atoms with Gasteiger partial charge in [-0.25, -0.2) is 13.2 Å². The lowest BCUT2D eigenvalue weighted by Crippen LogP contribution is -2.44. The monoisotopic (exact) mass is 392 g/mol. The summed E-state index contributed by atoms with van der Waals surface area (Å²) < 4.78 is 23.3. The maximum absolute atomic E-state index is 12.4. The molecule has 4 rings (SSSR count). The average molecular weight is 392 g/mol. The van der Waals surface area contributed by atoms with Gasteiger partial charge in [0.2, 0.25) is 0 Å². The molecule has 0 radical (unpaired) electrons. The Hall–Kier alpha value is -2.26. The number of likely N-dealkylation sites (tertiary alicyclic amines) is 1. The molecule has 1 atom stereocenters. The molecule has 2 saturated heterocycles. The normalized spacial score (nSPS) is 25.6. The SMILES string of the molecule is O=C(ON1C(=O)c2ccccc2C1=O)C1CCN(C2CCS(=O)(=O)C2)CC1. The minimum atomic E-state index is -2.94. The van der Waals surface area contributed by atoms with Gasteiger partial charge in [0.1, 0.15) is 0 Å². The molecule has 1 aromatic carbocycles. The van der Waals surface area contributed by atoms with Crippen molar-refractivity contribution in [3.63, 3.8) is 0 Å². The van der Waals surface area contributed by atoms with Gasteiger partial charge in [0.25, 0.3) is 11.8 Å². The van der Waals surface area contributed by atoms with Gasteiger partial charge in [0.15, 0.2) is 9.84 Å². The summed E-state index contributed by atoms with van der Waals surface area (Å²) in [5.74, 6) is -1.86. The first-order valence-corrected chi connectivity index (χ1v) is 10.8. The van der Waals surface area contributed by atoms with Crippen LogP contribution in [0.2, 0.25) is 0 Å². The molecule has 3 heterocycles. The molecule has 3 aliphatic rings. The summed E-state index contributed by atoms with van der Waals surface area (Å²) in [6, 6.07) is 6.36. The number of amides is 2. The maximum atomic E-state index is 12.4. The first-order chi connectivity index (χ1) is 12.9. The zero-order valence-electron chi connectivity index (χ0n) is 14.7. The predicted molar refractivity (Wildman–Crippen MR) is 94.4 cm³/mol. The molecule has 2 fully saturated rings. The van der Waals surface area contributed by atoms with Crippen molar-refractivity contribution in [1.82, 2.24) is 9.96 Å². The number of hydroxylamine groups is 2. The Kier molecular flexibility index (Phi) is 4.51. The van der Waals surface area contributed by atoms with E-state index in [1.54, 1.807) is 12.1 Å². The first-order valence-electron chi connectivity index (χ1n) is 9.00. The Morgan fingerprint density at radius 2 is 1.59 bits per heavy atom. The van der Waals surface area contributed by atoms with E-state index in [-0.39, 0.29) is 28.7 Å². The van der Waals surface area contributed by atoms with Crippen molar-refractivity contribution in [2.75, 3.05) is 24.6 Å². The van der Waals surface area contributed by atoms with Gasteiger partial charge in [0, 0.05) is 6.04 Å². The van der Waals surface area contributed by atoms with Crippen molar-refractivity contribution in [1.29, 1.82) is 0 Å². The number of benzene rings is 1. The lowest BCUT2D eigenvalue weighted by molar-refractivity contribution is -0.175. The second-order valence-corrected chi connectivity index (χ2v) is 9.46. The summed E-state index contributed by atoms with van der Waals surface area (Å²) >= 11 is 0. The number of rotatable bonds is 3. The van der Waals surface area contributed by atoms with Crippen LogP contribution in [0.15, 0.2) is 24.3 Å². The van der Waals surface area contributed by atoms with Gasteiger partial charge in [0.05, 0.1) is 28.6 Å². The van der Waals surface area contributed by atoms with Crippen LogP contribution in [-0.4, -0.2) is 66.8 Å². The van der Waals surface area contributed by atoms with Gasteiger partial charge >= 0.3 is 5.97 Å². The summed E-state index contributed by atoms with van der Waals surface area (Å²) in [6.45, 7) is 1.20. The summed E-state index contributed by atoms with van der Waals surface area (Å²) in [7, 11) is -2.94. The standard InChI is InChI=1S/C18H20N2O6S/c21-16-14-3-1-2-4-15(14)17(22)20(16)26-18(23)12-5-8-19(9-6-12)13-7-10-27(24,25)11-13/h1-4,12-13H,5-11H2. The van der Waals surface area contributed by atoms with Crippen LogP contribution in [0.5, 0.6) is 0 Å². The van der Waals surface area contributed by atoms with Crippen LogP contribution in [-0.2, 0) is 19.5 Å². The molecule has 0 N–H and O–H groups in total. The summed E-state index contributed by atoms with van der Waals surface area (Å²) in [6.07, 6.45) is 1.66. The van der Waals surface area contributed by atoms with Crippen molar-refractivity contribution < 1.29 is 27.6 Å². The van der Waals surface area contributed by atoms with Crippen molar-refractivity contribution in [2.45, 2.75) is 25.3 Å². The molecule has 0 saturated carbocycles. The second-order valence-electron chi connectivity index (χ2n) is 7.23. The van der Waals surface area contributed by atoms with E-state index in [1.807, 2.05) is 0 Å². The summed E-state index contributed by atoms with van der Waals surface area (Å²) in [5.41, 5.74) is 0.458. The molecule has 1 unspecified atom stereocenters. The van der Waals surface area contributed by atoms with Crippen molar-refractivity contribution in [2.24, 2.45) is 5.92 Å². The molecule has 0 bridgehead atoms. The van der Waals surface area contributed by atoms with Gasteiger partial charge < -0.3 is 4.84 Å². The number of carbonyl (C=O) groups excluding carboxylic acids is 3. The fourth-order valence-electron chi connectivity index (χ4n) is 3.98. The van der Waals surface area contributed by atoms with Crippen molar-refractivity contribution >= 4 is 27.6 Å². The Balaban J connectivity index is 1.34. The molecular formula is C18H20N2O6S. The van der Waals surface area contributed by atoms with E-state index in [4.69, 9.17) is 4.84 Å².